The lowest BCUT2D eigenvalue weighted by molar-refractivity contribution is 0.282. The topological polar surface area (TPSA) is 30.5 Å². The number of benzene rings is 3. The van der Waals surface area contributed by atoms with Crippen molar-refractivity contribution in [2.45, 2.75) is 25.0 Å². The Balaban J connectivity index is 1.44. The SMILES string of the molecule is COc1cc([C@@H]2Nc3ccc(Cl)cc3[C@@H]3C=CC[C@@H]32)cc(Br)c1OCc1ccc(Cl)cc1. The fourth-order valence-corrected chi connectivity index (χ4v) is 5.57. The van der Waals surface area contributed by atoms with Gasteiger partial charge in [0.15, 0.2) is 11.5 Å². The van der Waals surface area contributed by atoms with Gasteiger partial charge in [-0.3, -0.25) is 0 Å². The van der Waals surface area contributed by atoms with E-state index in [4.69, 9.17) is 32.7 Å². The molecule has 0 fully saturated rings. The summed E-state index contributed by atoms with van der Waals surface area (Å²) < 4.78 is 12.7. The van der Waals surface area contributed by atoms with Crippen molar-refractivity contribution < 1.29 is 9.47 Å². The third-order valence-electron chi connectivity index (χ3n) is 6.23. The lowest BCUT2D eigenvalue weighted by Gasteiger charge is -2.38. The highest BCUT2D eigenvalue weighted by Crippen LogP contribution is 2.51. The van der Waals surface area contributed by atoms with Gasteiger partial charge in [0.1, 0.15) is 6.61 Å². The minimum atomic E-state index is 0.152. The maximum absolute atomic E-state index is 6.28. The molecule has 2 aliphatic rings. The fourth-order valence-electron chi connectivity index (χ4n) is 4.69. The first-order chi connectivity index (χ1) is 15.5. The summed E-state index contributed by atoms with van der Waals surface area (Å²) in [5.74, 6) is 2.16. The third-order valence-corrected chi connectivity index (χ3v) is 7.31. The Bertz CT molecular complexity index is 1180. The van der Waals surface area contributed by atoms with Gasteiger partial charge in [0, 0.05) is 21.7 Å². The van der Waals surface area contributed by atoms with Crippen molar-refractivity contribution in [3.05, 3.63) is 98.0 Å². The second-order valence-electron chi connectivity index (χ2n) is 8.16. The zero-order valence-corrected chi connectivity index (χ0v) is 20.5. The van der Waals surface area contributed by atoms with Crippen molar-refractivity contribution in [1.29, 1.82) is 0 Å². The zero-order chi connectivity index (χ0) is 22.2. The van der Waals surface area contributed by atoms with Crippen molar-refractivity contribution in [2.75, 3.05) is 12.4 Å². The standard InChI is InChI=1S/C26H22BrCl2NO2/c1-31-24-12-16(11-22(27)26(24)32-14-15-5-7-17(28)8-6-15)25-20-4-2-3-19(20)21-13-18(29)9-10-23(21)30-25/h2-3,5-13,19-20,25,30H,4,14H2,1H3/t19-,20+,25+/m1/s1. The van der Waals surface area contributed by atoms with Crippen LogP contribution < -0.4 is 14.8 Å². The average Bonchev–Trinajstić information content (AvgIpc) is 3.29. The number of hydrogen-bond acceptors (Lipinski definition) is 3. The maximum atomic E-state index is 6.28. The van der Waals surface area contributed by atoms with Gasteiger partial charge in [-0.2, -0.15) is 0 Å². The summed E-state index contributed by atoms with van der Waals surface area (Å²) in [6, 6.07) is 18.1. The van der Waals surface area contributed by atoms with Gasteiger partial charge in [0.2, 0.25) is 0 Å². The highest BCUT2D eigenvalue weighted by atomic mass is 79.9. The van der Waals surface area contributed by atoms with Gasteiger partial charge < -0.3 is 14.8 Å². The highest BCUT2D eigenvalue weighted by Gasteiger charge is 2.38. The van der Waals surface area contributed by atoms with Gasteiger partial charge in [-0.15, -0.1) is 0 Å². The number of rotatable bonds is 5. The Hall–Kier alpha value is -2.14. The van der Waals surface area contributed by atoms with Gasteiger partial charge in [-0.1, -0.05) is 47.5 Å². The van der Waals surface area contributed by atoms with E-state index in [-0.39, 0.29) is 6.04 Å². The van der Waals surface area contributed by atoms with E-state index in [2.05, 4.69) is 57.7 Å². The second kappa shape index (κ2) is 9.01. The van der Waals surface area contributed by atoms with Crippen LogP contribution in [0.25, 0.3) is 0 Å². The number of hydrogen-bond donors (Lipinski definition) is 1. The molecule has 0 unspecified atom stereocenters. The molecule has 3 aromatic carbocycles. The summed E-state index contributed by atoms with van der Waals surface area (Å²) >= 11 is 16.0. The first-order valence-electron chi connectivity index (χ1n) is 10.5. The largest absolute Gasteiger partial charge is 0.493 e. The molecule has 32 heavy (non-hydrogen) atoms. The molecule has 0 saturated carbocycles. The summed E-state index contributed by atoms with van der Waals surface area (Å²) in [7, 11) is 1.67. The van der Waals surface area contributed by atoms with Crippen molar-refractivity contribution >= 4 is 44.8 Å². The normalized spacial score (nSPS) is 20.9. The Kier molecular flexibility index (Phi) is 6.11. The summed E-state index contributed by atoms with van der Waals surface area (Å²) in [6.45, 7) is 0.426. The van der Waals surface area contributed by atoms with Crippen LogP contribution in [0, 0.1) is 5.92 Å². The molecule has 0 bridgehead atoms. The minimum absolute atomic E-state index is 0.152. The van der Waals surface area contributed by atoms with Crippen LogP contribution >= 0.6 is 39.1 Å². The molecule has 0 amide bonds. The van der Waals surface area contributed by atoms with Crippen LogP contribution in [0.2, 0.25) is 10.0 Å². The van der Waals surface area contributed by atoms with Gasteiger partial charge in [-0.25, -0.2) is 0 Å². The van der Waals surface area contributed by atoms with E-state index in [9.17, 15) is 0 Å². The van der Waals surface area contributed by atoms with Crippen molar-refractivity contribution in [3.63, 3.8) is 0 Å². The molecular formula is C26H22BrCl2NO2. The van der Waals surface area contributed by atoms with Gasteiger partial charge in [-0.05, 0) is 87.4 Å². The van der Waals surface area contributed by atoms with Crippen LogP contribution in [0.15, 0.2) is 71.2 Å². The van der Waals surface area contributed by atoms with Crippen LogP contribution in [0.5, 0.6) is 11.5 Å². The van der Waals surface area contributed by atoms with E-state index in [1.807, 2.05) is 30.3 Å². The lowest BCUT2D eigenvalue weighted by Crippen LogP contribution is -2.29. The number of fused-ring (bicyclic) bond motifs is 3. The molecular weight excluding hydrogens is 509 g/mol. The van der Waals surface area contributed by atoms with E-state index < -0.39 is 0 Å². The molecule has 3 atom stereocenters. The zero-order valence-electron chi connectivity index (χ0n) is 17.4. The fraction of sp³-hybridized carbons (Fsp3) is 0.231. The van der Waals surface area contributed by atoms with Crippen molar-refractivity contribution in [2.24, 2.45) is 5.92 Å². The number of halogens is 3. The summed E-state index contributed by atoms with van der Waals surface area (Å²) in [5.41, 5.74) is 4.59. The quantitative estimate of drug-likeness (QED) is 0.337. The van der Waals surface area contributed by atoms with E-state index in [1.54, 1.807) is 7.11 Å². The Morgan fingerprint density at radius 1 is 1.03 bits per heavy atom. The van der Waals surface area contributed by atoms with Gasteiger partial charge >= 0.3 is 0 Å². The highest BCUT2D eigenvalue weighted by molar-refractivity contribution is 9.10. The Labute approximate surface area is 206 Å². The first kappa shape index (κ1) is 21.7. The summed E-state index contributed by atoms with van der Waals surface area (Å²) in [6.07, 6.45) is 5.60. The van der Waals surface area contributed by atoms with Gasteiger partial charge in [0.25, 0.3) is 0 Å². The number of anilines is 1. The molecule has 5 rings (SSSR count). The third kappa shape index (κ3) is 4.12. The van der Waals surface area contributed by atoms with Crippen LogP contribution in [0.3, 0.4) is 0 Å². The molecule has 0 spiro atoms. The molecule has 1 heterocycles. The number of allylic oxidation sites excluding steroid dienone is 2. The average molecular weight is 531 g/mol. The Morgan fingerprint density at radius 2 is 1.81 bits per heavy atom. The molecule has 0 radical (unpaired) electrons. The van der Waals surface area contributed by atoms with E-state index in [0.29, 0.717) is 35.0 Å². The lowest BCUT2D eigenvalue weighted by atomic mass is 9.77. The number of ether oxygens (including phenoxy) is 2. The second-order valence-corrected chi connectivity index (χ2v) is 9.88. The van der Waals surface area contributed by atoms with Crippen molar-refractivity contribution in [1.82, 2.24) is 0 Å². The predicted octanol–water partition coefficient (Wildman–Crippen LogP) is 8.17. The van der Waals surface area contributed by atoms with Crippen LogP contribution in [0.1, 0.15) is 35.1 Å². The molecule has 3 aromatic rings. The molecule has 1 N–H and O–H groups in total. The Morgan fingerprint density at radius 3 is 2.59 bits per heavy atom. The number of nitrogens with one attached hydrogen (secondary N) is 1. The molecule has 1 aliphatic carbocycles. The molecule has 0 saturated heterocycles. The molecule has 3 nitrogen and oxygen atoms in total. The molecule has 1 aliphatic heterocycles. The monoisotopic (exact) mass is 529 g/mol. The van der Waals surface area contributed by atoms with Gasteiger partial charge in [0.05, 0.1) is 17.6 Å². The first-order valence-corrected chi connectivity index (χ1v) is 12.1. The summed E-state index contributed by atoms with van der Waals surface area (Å²) in [5, 5.41) is 5.23. The minimum Gasteiger partial charge on any atom is -0.493 e. The molecule has 6 heteroatoms. The van der Waals surface area contributed by atoms with E-state index >= 15 is 0 Å². The van der Waals surface area contributed by atoms with E-state index in [1.165, 1.54) is 5.56 Å². The number of methoxy groups -OCH3 is 1. The van der Waals surface area contributed by atoms with Crippen molar-refractivity contribution in [3.8, 4) is 11.5 Å². The molecule has 0 aromatic heterocycles. The molecule has 164 valence electrons. The predicted molar refractivity (Wildman–Crippen MR) is 134 cm³/mol. The van der Waals surface area contributed by atoms with Crippen LogP contribution in [0.4, 0.5) is 5.69 Å². The summed E-state index contributed by atoms with van der Waals surface area (Å²) in [4.78, 5) is 0. The maximum Gasteiger partial charge on any atom is 0.175 e. The van der Waals surface area contributed by atoms with Crippen LogP contribution in [-0.4, -0.2) is 7.11 Å². The van der Waals surface area contributed by atoms with Crippen LogP contribution in [-0.2, 0) is 6.61 Å². The van der Waals surface area contributed by atoms with E-state index in [0.717, 1.165) is 32.7 Å². The smallest absolute Gasteiger partial charge is 0.175 e.